The predicted molar refractivity (Wildman–Crippen MR) is 339 cm³/mol. The van der Waals surface area contributed by atoms with Crippen LogP contribution in [0.25, 0.3) is 0 Å². The molecule has 0 aromatic rings. The summed E-state index contributed by atoms with van der Waals surface area (Å²) in [4.78, 5) is 38.3. The number of carbonyl (C=O) groups excluding carboxylic acids is 3. The maximum Gasteiger partial charge on any atom is 0.306 e. The number of ether oxygens (including phenoxy) is 3. The summed E-state index contributed by atoms with van der Waals surface area (Å²) in [5.74, 6) is -0.943. The van der Waals surface area contributed by atoms with Gasteiger partial charge in [0.25, 0.3) is 0 Å². The molecule has 0 spiro atoms. The highest BCUT2D eigenvalue weighted by atomic mass is 16.6. The van der Waals surface area contributed by atoms with Gasteiger partial charge in [0.1, 0.15) is 13.2 Å². The van der Waals surface area contributed by atoms with Crippen molar-refractivity contribution in [2.24, 2.45) is 0 Å². The van der Waals surface area contributed by atoms with Crippen LogP contribution >= 0.6 is 0 Å². The summed E-state index contributed by atoms with van der Waals surface area (Å²) in [5, 5.41) is 0. The van der Waals surface area contributed by atoms with Crippen molar-refractivity contribution in [3.8, 4) is 0 Å². The first-order chi connectivity index (χ1) is 38.5. The molecule has 440 valence electrons. The number of unbranched alkanes of at least 4 members (excludes halogenated alkanes) is 21. The van der Waals surface area contributed by atoms with Crippen molar-refractivity contribution >= 4 is 17.9 Å². The molecule has 0 amide bonds. The molecule has 0 radical (unpaired) electrons. The minimum absolute atomic E-state index is 0.100. The van der Waals surface area contributed by atoms with Crippen molar-refractivity contribution in [1.82, 2.24) is 0 Å². The third-order valence-corrected chi connectivity index (χ3v) is 13.1. The van der Waals surface area contributed by atoms with E-state index in [9.17, 15) is 14.4 Å². The third-order valence-electron chi connectivity index (χ3n) is 13.1. The van der Waals surface area contributed by atoms with Gasteiger partial charge in [0, 0.05) is 19.3 Å². The van der Waals surface area contributed by atoms with Crippen molar-refractivity contribution < 1.29 is 28.6 Å². The van der Waals surface area contributed by atoms with Crippen molar-refractivity contribution in [3.63, 3.8) is 0 Å². The second-order valence-corrected chi connectivity index (χ2v) is 20.5. The van der Waals surface area contributed by atoms with Crippen LogP contribution in [0.2, 0.25) is 0 Å². The number of hydrogen-bond donors (Lipinski definition) is 0. The fourth-order valence-electron chi connectivity index (χ4n) is 8.34. The van der Waals surface area contributed by atoms with Gasteiger partial charge in [-0.1, -0.05) is 263 Å². The van der Waals surface area contributed by atoms with E-state index in [-0.39, 0.29) is 31.1 Å². The smallest absolute Gasteiger partial charge is 0.306 e. The minimum atomic E-state index is -0.805. The van der Waals surface area contributed by atoms with E-state index in [4.69, 9.17) is 14.2 Å². The molecule has 6 heteroatoms. The van der Waals surface area contributed by atoms with Gasteiger partial charge in [0.15, 0.2) is 6.10 Å². The molecule has 1 unspecified atom stereocenters. The number of hydrogen-bond acceptors (Lipinski definition) is 6. The zero-order valence-corrected chi connectivity index (χ0v) is 50.4. The highest BCUT2D eigenvalue weighted by Crippen LogP contribution is 2.15. The molecule has 0 heterocycles. The van der Waals surface area contributed by atoms with E-state index in [1.54, 1.807) is 0 Å². The van der Waals surface area contributed by atoms with Gasteiger partial charge in [-0.15, -0.1) is 0 Å². The van der Waals surface area contributed by atoms with Crippen LogP contribution in [0.5, 0.6) is 0 Å². The fourth-order valence-corrected chi connectivity index (χ4v) is 8.34. The molecule has 1 atom stereocenters. The first-order valence-corrected chi connectivity index (χ1v) is 31.8. The Bertz CT molecular complexity index is 1710. The molecule has 0 aromatic heterocycles. The quantitative estimate of drug-likeness (QED) is 0.0261. The average molecular weight is 1080 g/mol. The molecule has 0 N–H and O–H groups in total. The first-order valence-electron chi connectivity index (χ1n) is 31.8. The molecule has 0 fully saturated rings. The van der Waals surface area contributed by atoms with Crippen LogP contribution in [0.1, 0.15) is 271 Å². The summed E-state index contributed by atoms with van der Waals surface area (Å²) in [5.41, 5.74) is 0. The van der Waals surface area contributed by atoms with E-state index >= 15 is 0 Å². The topological polar surface area (TPSA) is 78.9 Å². The summed E-state index contributed by atoms with van der Waals surface area (Å²) in [6.45, 7) is 6.34. The minimum Gasteiger partial charge on any atom is -0.462 e. The monoisotopic (exact) mass is 1080 g/mol. The zero-order valence-electron chi connectivity index (χ0n) is 50.4. The maximum absolute atomic E-state index is 12.9. The van der Waals surface area contributed by atoms with Crippen LogP contribution in [0.3, 0.4) is 0 Å². The molecule has 0 aliphatic rings. The number of carbonyl (C=O) groups is 3. The number of rotatable bonds is 56. The Balaban J connectivity index is 4.45. The molecule has 0 aliphatic heterocycles. The molecular formula is C72H116O6. The molecular weight excluding hydrogens is 961 g/mol. The van der Waals surface area contributed by atoms with Crippen LogP contribution in [0, 0.1) is 0 Å². The van der Waals surface area contributed by atoms with Gasteiger partial charge in [-0.2, -0.15) is 0 Å². The van der Waals surface area contributed by atoms with Crippen molar-refractivity contribution in [2.45, 2.75) is 277 Å². The molecule has 0 aromatic carbocycles. The first kappa shape index (κ1) is 73.3. The predicted octanol–water partition coefficient (Wildman–Crippen LogP) is 21.9. The summed E-state index contributed by atoms with van der Waals surface area (Å²) in [6.07, 6.45) is 92.7. The Hall–Kier alpha value is -4.71. The van der Waals surface area contributed by atoms with Gasteiger partial charge in [-0.25, -0.2) is 0 Å². The van der Waals surface area contributed by atoms with Crippen molar-refractivity contribution in [1.29, 1.82) is 0 Å². The molecule has 0 rings (SSSR count). The van der Waals surface area contributed by atoms with Gasteiger partial charge in [0.05, 0.1) is 0 Å². The van der Waals surface area contributed by atoms with Crippen LogP contribution in [-0.4, -0.2) is 37.2 Å². The number of allylic oxidation sites excluding steroid dienone is 24. The molecule has 78 heavy (non-hydrogen) atoms. The van der Waals surface area contributed by atoms with Crippen LogP contribution in [0.4, 0.5) is 0 Å². The van der Waals surface area contributed by atoms with Gasteiger partial charge >= 0.3 is 17.9 Å². The van der Waals surface area contributed by atoms with E-state index in [2.05, 4.69) is 167 Å². The van der Waals surface area contributed by atoms with E-state index in [1.165, 1.54) is 70.6 Å². The van der Waals surface area contributed by atoms with E-state index in [1.807, 2.05) is 0 Å². The second-order valence-electron chi connectivity index (χ2n) is 20.5. The normalized spacial score (nSPS) is 13.1. The molecule has 6 nitrogen and oxygen atoms in total. The largest absolute Gasteiger partial charge is 0.462 e. The summed E-state index contributed by atoms with van der Waals surface area (Å²) >= 11 is 0. The lowest BCUT2D eigenvalue weighted by Crippen LogP contribution is -2.30. The maximum atomic E-state index is 12.9. The Morgan fingerprint density at radius 1 is 0.269 bits per heavy atom. The lowest BCUT2D eigenvalue weighted by Gasteiger charge is -2.18. The van der Waals surface area contributed by atoms with E-state index in [0.29, 0.717) is 19.3 Å². The Morgan fingerprint density at radius 2 is 0.500 bits per heavy atom. The van der Waals surface area contributed by atoms with Crippen molar-refractivity contribution in [3.05, 3.63) is 146 Å². The third kappa shape index (κ3) is 62.1. The van der Waals surface area contributed by atoms with E-state index < -0.39 is 6.10 Å². The SMILES string of the molecule is CC/C=C\C/C=C\C/C=C\C/C=C\C/C=C\C/C=C\CCCCCCC(=O)OCC(COC(=O)CCCCCCC/C=C\C/C=C\CCCC)OC(=O)CCCCCCCCCCCC/C=C\C/C=C\C/C=C\C/C=C\CC. The standard InChI is InChI=1S/C72H116O6/c1-4-7-10-13-16-19-22-25-28-30-32-34-36-38-40-42-44-47-50-53-56-59-62-65-71(74)77-68-69(67-76-70(73)64-61-58-55-52-49-46-27-24-21-18-15-12-9-6-3)78-72(75)66-63-60-57-54-51-48-45-43-41-39-37-35-33-31-29-26-23-20-17-14-11-8-5-2/h7-8,10-11,15-20,24-29,32-35,38,40,44,47,69H,4-6,9,12-14,21-23,30-31,36-37,39,41-43,45-46,48-68H2,1-3H3/b10-7-,11-8-,18-15-,19-16-,20-17-,27-24-,28-25-,29-26-,34-32-,35-33-,40-38-,47-44-. The van der Waals surface area contributed by atoms with Gasteiger partial charge in [-0.3, -0.25) is 14.4 Å². The van der Waals surface area contributed by atoms with Gasteiger partial charge in [0.2, 0.25) is 0 Å². The Kier molecular flexibility index (Phi) is 60.9. The van der Waals surface area contributed by atoms with Crippen LogP contribution in [-0.2, 0) is 28.6 Å². The molecule has 0 saturated carbocycles. The highest BCUT2D eigenvalue weighted by molar-refractivity contribution is 5.71. The molecule has 0 saturated heterocycles. The molecule has 0 aliphatic carbocycles. The molecule has 0 bridgehead atoms. The van der Waals surface area contributed by atoms with Crippen LogP contribution < -0.4 is 0 Å². The summed E-state index contributed by atoms with van der Waals surface area (Å²) in [6, 6.07) is 0. The van der Waals surface area contributed by atoms with Gasteiger partial charge < -0.3 is 14.2 Å². The Labute approximate surface area is 480 Å². The number of esters is 3. The fraction of sp³-hybridized carbons (Fsp3) is 0.625. The summed E-state index contributed by atoms with van der Waals surface area (Å²) < 4.78 is 16.9. The lowest BCUT2D eigenvalue weighted by molar-refractivity contribution is -0.167. The van der Waals surface area contributed by atoms with Gasteiger partial charge in [-0.05, 0) is 135 Å². The van der Waals surface area contributed by atoms with Crippen LogP contribution in [0.15, 0.2) is 146 Å². The van der Waals surface area contributed by atoms with Crippen molar-refractivity contribution in [2.75, 3.05) is 13.2 Å². The van der Waals surface area contributed by atoms with E-state index in [0.717, 1.165) is 161 Å². The second kappa shape index (κ2) is 64.8. The average Bonchev–Trinajstić information content (AvgIpc) is 3.44. The lowest BCUT2D eigenvalue weighted by atomic mass is 10.0. The summed E-state index contributed by atoms with van der Waals surface area (Å²) in [7, 11) is 0. The zero-order chi connectivity index (χ0) is 56.4. The Morgan fingerprint density at radius 3 is 0.782 bits per heavy atom. The highest BCUT2D eigenvalue weighted by Gasteiger charge is 2.19.